The maximum atomic E-state index is 11.5. The van der Waals surface area contributed by atoms with E-state index in [0.29, 0.717) is 18.2 Å². The van der Waals surface area contributed by atoms with E-state index in [1.165, 1.54) is 23.4 Å². The summed E-state index contributed by atoms with van der Waals surface area (Å²) in [5.74, 6) is 0.227. The number of nitrogens with one attached hydrogen (secondary N) is 1. The number of aromatic nitrogens is 1. The molecule has 4 rings (SSSR count). The third-order valence-corrected chi connectivity index (χ3v) is 5.99. The number of ether oxygens (including phenoxy) is 1. The van der Waals surface area contributed by atoms with Crippen LogP contribution in [0.4, 0.5) is 17.1 Å². The Morgan fingerprint density at radius 1 is 1.26 bits per heavy atom. The average molecular weight is 418 g/mol. The maximum absolute atomic E-state index is 11.5. The van der Waals surface area contributed by atoms with E-state index in [0.717, 1.165) is 36.4 Å². The molecule has 0 aliphatic heterocycles. The van der Waals surface area contributed by atoms with Crippen LogP contribution in [0.2, 0.25) is 0 Å². The van der Waals surface area contributed by atoms with E-state index in [1.54, 1.807) is 13.3 Å². The zero-order chi connectivity index (χ0) is 21.8. The second-order valence-corrected chi connectivity index (χ2v) is 7.81. The molecule has 1 aliphatic rings. The number of rotatable bonds is 7. The summed E-state index contributed by atoms with van der Waals surface area (Å²) in [6, 6.07) is 16.2. The molecule has 0 fully saturated rings. The van der Waals surface area contributed by atoms with Crippen molar-refractivity contribution < 1.29 is 14.6 Å². The van der Waals surface area contributed by atoms with E-state index >= 15 is 0 Å². The van der Waals surface area contributed by atoms with Gasteiger partial charge >= 0.3 is 5.97 Å². The van der Waals surface area contributed by atoms with Gasteiger partial charge in [-0.1, -0.05) is 18.2 Å². The molecular weight excluding hydrogens is 390 g/mol. The Hall–Kier alpha value is -3.54. The van der Waals surface area contributed by atoms with Crippen molar-refractivity contribution in [3.05, 3.63) is 77.6 Å². The summed E-state index contributed by atoms with van der Waals surface area (Å²) in [6.07, 6.45) is 6.32. The van der Waals surface area contributed by atoms with E-state index < -0.39 is 5.97 Å². The number of methoxy groups -OCH3 is 1. The molecule has 0 bridgehead atoms. The van der Waals surface area contributed by atoms with Gasteiger partial charge in [0.2, 0.25) is 0 Å². The normalized spacial score (nSPS) is 15.1. The van der Waals surface area contributed by atoms with E-state index in [2.05, 4.69) is 46.5 Å². The van der Waals surface area contributed by atoms with E-state index in [1.807, 2.05) is 18.2 Å². The van der Waals surface area contributed by atoms with Crippen LogP contribution in [0.15, 0.2) is 60.9 Å². The summed E-state index contributed by atoms with van der Waals surface area (Å²) < 4.78 is 5.52. The Morgan fingerprint density at radius 3 is 2.90 bits per heavy atom. The number of carboxylic acids is 1. The predicted molar refractivity (Wildman–Crippen MR) is 123 cm³/mol. The number of nitrogens with zero attached hydrogens (tertiary/aromatic N) is 2. The number of carboxylic acid groups (broad SMARTS) is 1. The van der Waals surface area contributed by atoms with Crippen LogP contribution in [-0.2, 0) is 6.42 Å². The van der Waals surface area contributed by atoms with Crippen molar-refractivity contribution in [1.29, 1.82) is 0 Å². The summed E-state index contributed by atoms with van der Waals surface area (Å²) in [5, 5.41) is 12.7. The highest BCUT2D eigenvalue weighted by molar-refractivity contribution is 5.93. The fourth-order valence-corrected chi connectivity index (χ4v) is 4.32. The summed E-state index contributed by atoms with van der Waals surface area (Å²) in [4.78, 5) is 17.7. The number of benzene rings is 2. The first-order valence-corrected chi connectivity index (χ1v) is 10.5. The van der Waals surface area contributed by atoms with Gasteiger partial charge in [0, 0.05) is 31.4 Å². The highest BCUT2D eigenvalue weighted by atomic mass is 16.5. The molecule has 0 unspecified atom stereocenters. The number of hydrogen-bond donors (Lipinski definition) is 2. The molecule has 1 aromatic heterocycles. The Bertz CT molecular complexity index is 1080. The van der Waals surface area contributed by atoms with Crippen molar-refractivity contribution in [2.45, 2.75) is 25.2 Å². The second kappa shape index (κ2) is 9.08. The van der Waals surface area contributed by atoms with Crippen LogP contribution < -0.4 is 15.0 Å². The lowest BCUT2D eigenvalue weighted by molar-refractivity contribution is 0.0697. The maximum Gasteiger partial charge on any atom is 0.337 e. The number of hydrogen-bond acceptors (Lipinski definition) is 5. The lowest BCUT2D eigenvalue weighted by atomic mass is 9.82. The Balaban J connectivity index is 1.54. The molecule has 0 radical (unpaired) electrons. The second-order valence-electron chi connectivity index (χ2n) is 7.81. The number of aromatic carboxylic acids is 1. The van der Waals surface area contributed by atoms with Crippen LogP contribution in [0.3, 0.4) is 0 Å². The number of aryl methyl sites for hydroxylation is 1. The first kappa shape index (κ1) is 20.7. The number of anilines is 3. The highest BCUT2D eigenvalue weighted by Gasteiger charge is 2.22. The molecule has 2 N–H and O–H groups in total. The first-order valence-electron chi connectivity index (χ1n) is 10.5. The fourth-order valence-electron chi connectivity index (χ4n) is 4.32. The predicted octanol–water partition coefficient (Wildman–Crippen LogP) is 5.09. The van der Waals surface area contributed by atoms with Gasteiger partial charge < -0.3 is 20.1 Å². The van der Waals surface area contributed by atoms with Crippen LogP contribution >= 0.6 is 0 Å². The van der Waals surface area contributed by atoms with Gasteiger partial charge in [-0.05, 0) is 60.7 Å². The molecule has 1 atom stereocenters. The van der Waals surface area contributed by atoms with Crippen molar-refractivity contribution >= 4 is 23.0 Å². The molecule has 1 aliphatic carbocycles. The molecule has 1 heterocycles. The van der Waals surface area contributed by atoms with Crippen LogP contribution in [0.25, 0.3) is 0 Å². The Labute approximate surface area is 182 Å². The molecular formula is C25H27N3O3. The smallest absolute Gasteiger partial charge is 0.337 e. The molecule has 6 nitrogen and oxygen atoms in total. The summed E-state index contributed by atoms with van der Waals surface area (Å²) >= 11 is 0. The minimum atomic E-state index is -0.946. The molecule has 0 saturated carbocycles. The molecule has 0 saturated heterocycles. The Morgan fingerprint density at radius 2 is 2.10 bits per heavy atom. The van der Waals surface area contributed by atoms with Gasteiger partial charge in [-0.15, -0.1) is 0 Å². The lowest BCUT2D eigenvalue weighted by Crippen LogP contribution is -2.20. The van der Waals surface area contributed by atoms with Crippen LogP contribution in [-0.4, -0.2) is 36.8 Å². The first-order chi connectivity index (χ1) is 15.1. The van der Waals surface area contributed by atoms with Gasteiger partial charge in [-0.2, -0.15) is 0 Å². The van der Waals surface area contributed by atoms with Gasteiger partial charge in [0.1, 0.15) is 5.75 Å². The van der Waals surface area contributed by atoms with Gasteiger partial charge in [0.05, 0.1) is 30.2 Å². The summed E-state index contributed by atoms with van der Waals surface area (Å²) in [5.41, 5.74) is 5.64. The summed E-state index contributed by atoms with van der Waals surface area (Å²) in [7, 11) is 3.74. The Kier molecular flexibility index (Phi) is 6.07. The van der Waals surface area contributed by atoms with Crippen molar-refractivity contribution in [2.75, 3.05) is 30.9 Å². The van der Waals surface area contributed by atoms with Crippen molar-refractivity contribution in [2.24, 2.45) is 0 Å². The quantitative estimate of drug-likeness (QED) is 0.558. The molecule has 0 amide bonds. The molecule has 160 valence electrons. The highest BCUT2D eigenvalue weighted by Crippen LogP contribution is 2.37. The zero-order valence-electron chi connectivity index (χ0n) is 17.8. The fraction of sp³-hybridized carbons (Fsp3) is 0.280. The minimum Gasteiger partial charge on any atom is -0.495 e. The lowest BCUT2D eigenvalue weighted by Gasteiger charge is -2.29. The van der Waals surface area contributed by atoms with Crippen molar-refractivity contribution in [3.8, 4) is 5.75 Å². The summed E-state index contributed by atoms with van der Waals surface area (Å²) in [6.45, 7) is 0.681. The number of fused-ring (bicyclic) bond motifs is 1. The molecule has 2 aromatic carbocycles. The van der Waals surface area contributed by atoms with Crippen LogP contribution in [0.5, 0.6) is 5.75 Å². The van der Waals surface area contributed by atoms with Crippen LogP contribution in [0.1, 0.15) is 40.2 Å². The number of carbonyl (C=O) groups is 1. The van der Waals surface area contributed by atoms with E-state index in [4.69, 9.17) is 4.74 Å². The largest absolute Gasteiger partial charge is 0.495 e. The van der Waals surface area contributed by atoms with Gasteiger partial charge in [0.15, 0.2) is 0 Å². The van der Waals surface area contributed by atoms with Crippen molar-refractivity contribution in [3.63, 3.8) is 0 Å². The number of para-hydroxylation sites is 2. The van der Waals surface area contributed by atoms with Gasteiger partial charge in [-0.25, -0.2) is 4.79 Å². The molecule has 3 aromatic rings. The molecule has 31 heavy (non-hydrogen) atoms. The van der Waals surface area contributed by atoms with Gasteiger partial charge in [0.25, 0.3) is 0 Å². The monoisotopic (exact) mass is 417 g/mol. The zero-order valence-corrected chi connectivity index (χ0v) is 17.8. The average Bonchev–Trinajstić information content (AvgIpc) is 2.81. The third-order valence-electron chi connectivity index (χ3n) is 5.99. The van der Waals surface area contributed by atoms with Crippen molar-refractivity contribution in [1.82, 2.24) is 4.98 Å². The SMILES string of the molecule is COc1ccccc1N(C)c1ccc2c(c1)CCC[C@H]2CNc1cnccc1C(=O)O. The minimum absolute atomic E-state index is 0.250. The molecule has 6 heteroatoms. The van der Waals surface area contributed by atoms with Gasteiger partial charge in [-0.3, -0.25) is 4.98 Å². The topological polar surface area (TPSA) is 74.7 Å². The third kappa shape index (κ3) is 4.33. The molecule has 0 spiro atoms. The van der Waals surface area contributed by atoms with E-state index in [-0.39, 0.29) is 5.56 Å². The van der Waals surface area contributed by atoms with Crippen LogP contribution in [0, 0.1) is 0 Å². The van der Waals surface area contributed by atoms with E-state index in [9.17, 15) is 9.90 Å². The standard InChI is InChI=1S/C25H27N3O3/c1-28(23-8-3-4-9-24(23)31-2)19-10-11-20-17(14-19)6-5-7-18(20)15-27-22-16-26-13-12-21(22)25(29)30/h3-4,8-14,16,18,27H,5-7,15H2,1-2H3,(H,29,30)/t18-/m0/s1. The number of pyridine rings is 1.